The second-order valence-corrected chi connectivity index (χ2v) is 4.92. The minimum atomic E-state index is 0. The van der Waals surface area contributed by atoms with Crippen molar-refractivity contribution in [1.82, 2.24) is 4.90 Å². The molecule has 2 aliphatic rings. The smallest absolute Gasteiger partial charge is 0.168 e. The van der Waals surface area contributed by atoms with E-state index in [-0.39, 0.29) is 17.0 Å². The Hall–Kier alpha value is -1.20. The molecule has 5 heteroatoms. The number of rotatable bonds is 1. The van der Waals surface area contributed by atoms with E-state index in [1.807, 2.05) is 24.5 Å². The van der Waals surface area contributed by atoms with Crippen LogP contribution in [0.15, 0.2) is 45.3 Å². The summed E-state index contributed by atoms with van der Waals surface area (Å²) in [6, 6.07) is 8.14. The van der Waals surface area contributed by atoms with Gasteiger partial charge in [-0.15, -0.1) is 17.0 Å². The van der Waals surface area contributed by atoms with Gasteiger partial charge >= 0.3 is 0 Å². The van der Waals surface area contributed by atoms with E-state index >= 15 is 0 Å². The molecule has 1 aromatic carbocycles. The Morgan fingerprint density at radius 1 is 1.28 bits per heavy atom. The monoisotopic (exact) mass is 322 g/mol. The van der Waals surface area contributed by atoms with Crippen molar-refractivity contribution in [3.8, 4) is 0 Å². The van der Waals surface area contributed by atoms with E-state index in [0.717, 1.165) is 23.8 Å². The maximum atomic E-state index is 5.59. The number of halogens is 1. The van der Waals surface area contributed by atoms with Gasteiger partial charge in [0.2, 0.25) is 0 Å². The lowest BCUT2D eigenvalue weighted by Crippen LogP contribution is -2.19. The van der Waals surface area contributed by atoms with Gasteiger partial charge in [0.25, 0.3) is 0 Å². The SMILES string of the molecule is Br.C1=C(c2coc3ccccc23)N2CCN=C2S1. The molecule has 2 aromatic rings. The Morgan fingerprint density at radius 2 is 2.17 bits per heavy atom. The largest absolute Gasteiger partial charge is 0.464 e. The number of thioether (sulfide) groups is 1. The summed E-state index contributed by atoms with van der Waals surface area (Å²) in [5, 5.41) is 4.45. The lowest BCUT2D eigenvalue weighted by molar-refractivity contribution is 0.608. The van der Waals surface area contributed by atoms with Crippen LogP contribution in [0.3, 0.4) is 0 Å². The van der Waals surface area contributed by atoms with Crippen LogP contribution in [0.1, 0.15) is 5.56 Å². The van der Waals surface area contributed by atoms with Crippen molar-refractivity contribution in [2.75, 3.05) is 13.1 Å². The Morgan fingerprint density at radius 3 is 3.11 bits per heavy atom. The van der Waals surface area contributed by atoms with Crippen LogP contribution in [0, 0.1) is 0 Å². The van der Waals surface area contributed by atoms with Crippen LogP contribution in [0.4, 0.5) is 0 Å². The number of nitrogens with zero attached hydrogens (tertiary/aromatic N) is 2. The zero-order valence-electron chi connectivity index (χ0n) is 9.50. The van der Waals surface area contributed by atoms with Crippen LogP contribution in [0.2, 0.25) is 0 Å². The van der Waals surface area contributed by atoms with E-state index < -0.39 is 0 Å². The first-order valence-electron chi connectivity index (χ1n) is 5.59. The summed E-state index contributed by atoms with van der Waals surface area (Å²) in [7, 11) is 0. The highest BCUT2D eigenvalue weighted by Gasteiger charge is 2.28. The molecule has 0 atom stereocenters. The minimum absolute atomic E-state index is 0. The molecule has 3 nitrogen and oxygen atoms in total. The molecule has 0 fully saturated rings. The van der Waals surface area contributed by atoms with Crippen LogP contribution in [0.25, 0.3) is 16.7 Å². The molecule has 3 heterocycles. The summed E-state index contributed by atoms with van der Waals surface area (Å²) >= 11 is 1.70. The van der Waals surface area contributed by atoms with Gasteiger partial charge in [-0.3, -0.25) is 4.99 Å². The number of hydrogen-bond acceptors (Lipinski definition) is 4. The van der Waals surface area contributed by atoms with Crippen LogP contribution in [-0.2, 0) is 0 Å². The average molecular weight is 323 g/mol. The van der Waals surface area contributed by atoms with Gasteiger partial charge in [0, 0.05) is 22.9 Å². The third-order valence-electron chi connectivity index (χ3n) is 3.13. The minimum Gasteiger partial charge on any atom is -0.464 e. The molecule has 92 valence electrons. The standard InChI is InChI=1S/C13H10N2OS.BrH/c1-2-4-12-9(3-1)10(7-16-12)11-8-17-13-14-5-6-15(11)13;/h1-4,7-8H,5-6H2;1H. The Labute approximate surface area is 119 Å². The summed E-state index contributed by atoms with van der Waals surface area (Å²) < 4.78 is 5.59. The molecule has 0 spiro atoms. The van der Waals surface area contributed by atoms with E-state index in [1.165, 1.54) is 16.6 Å². The van der Waals surface area contributed by atoms with Crippen LogP contribution in [-0.4, -0.2) is 23.2 Å². The van der Waals surface area contributed by atoms with Crippen molar-refractivity contribution >= 4 is 50.6 Å². The van der Waals surface area contributed by atoms with Crippen molar-refractivity contribution in [3.63, 3.8) is 0 Å². The predicted octanol–water partition coefficient (Wildman–Crippen LogP) is 3.73. The first-order chi connectivity index (χ1) is 8.43. The number of benzene rings is 1. The number of amidine groups is 1. The van der Waals surface area contributed by atoms with Gasteiger partial charge in [0.05, 0.1) is 12.2 Å². The third-order valence-corrected chi connectivity index (χ3v) is 4.03. The number of hydrogen-bond donors (Lipinski definition) is 0. The summed E-state index contributed by atoms with van der Waals surface area (Å²) in [5.74, 6) is 0. The van der Waals surface area contributed by atoms with Crippen LogP contribution >= 0.6 is 28.7 Å². The average Bonchev–Trinajstić information content (AvgIpc) is 3.02. The molecule has 0 N–H and O–H groups in total. The molecular formula is C13H11BrN2OS. The zero-order valence-corrected chi connectivity index (χ0v) is 12.0. The van der Waals surface area contributed by atoms with Crippen LogP contribution < -0.4 is 0 Å². The van der Waals surface area contributed by atoms with E-state index in [1.54, 1.807) is 11.8 Å². The predicted molar refractivity (Wildman–Crippen MR) is 81.1 cm³/mol. The Kier molecular flexibility index (Phi) is 2.95. The molecule has 0 aliphatic carbocycles. The van der Waals surface area contributed by atoms with Gasteiger partial charge in [-0.1, -0.05) is 30.0 Å². The van der Waals surface area contributed by atoms with Crippen LogP contribution in [0.5, 0.6) is 0 Å². The zero-order chi connectivity index (χ0) is 11.2. The molecule has 0 saturated carbocycles. The van der Waals surface area contributed by atoms with E-state index in [4.69, 9.17) is 4.42 Å². The van der Waals surface area contributed by atoms with Gasteiger partial charge in [-0.2, -0.15) is 0 Å². The van der Waals surface area contributed by atoms with E-state index in [9.17, 15) is 0 Å². The quantitative estimate of drug-likeness (QED) is 0.801. The maximum Gasteiger partial charge on any atom is 0.168 e. The highest BCUT2D eigenvalue weighted by atomic mass is 79.9. The van der Waals surface area contributed by atoms with Gasteiger partial charge in [0.15, 0.2) is 5.17 Å². The normalized spacial score (nSPS) is 17.4. The molecule has 18 heavy (non-hydrogen) atoms. The summed E-state index contributed by atoms with van der Waals surface area (Å²) in [6.07, 6.45) is 1.85. The van der Waals surface area contributed by atoms with Gasteiger partial charge in [0.1, 0.15) is 11.8 Å². The number of para-hydroxylation sites is 1. The molecule has 0 amide bonds. The first-order valence-corrected chi connectivity index (χ1v) is 6.47. The number of aliphatic imine (C=N–C) groups is 1. The van der Waals surface area contributed by atoms with Crippen molar-refractivity contribution in [2.24, 2.45) is 4.99 Å². The van der Waals surface area contributed by atoms with Crippen molar-refractivity contribution in [2.45, 2.75) is 0 Å². The van der Waals surface area contributed by atoms with Gasteiger partial charge in [-0.25, -0.2) is 0 Å². The number of fused-ring (bicyclic) bond motifs is 2. The van der Waals surface area contributed by atoms with Crippen molar-refractivity contribution in [1.29, 1.82) is 0 Å². The summed E-state index contributed by atoms with van der Waals surface area (Å²) in [4.78, 5) is 6.73. The summed E-state index contributed by atoms with van der Waals surface area (Å²) in [6.45, 7) is 1.88. The van der Waals surface area contributed by atoms with E-state index in [2.05, 4.69) is 21.4 Å². The Balaban J connectivity index is 0.000001000. The first kappa shape index (κ1) is 11.9. The third kappa shape index (κ3) is 1.61. The molecular weight excluding hydrogens is 312 g/mol. The van der Waals surface area contributed by atoms with Gasteiger partial charge < -0.3 is 9.32 Å². The molecule has 1 aromatic heterocycles. The fourth-order valence-corrected chi connectivity index (χ4v) is 3.26. The second-order valence-electron chi connectivity index (χ2n) is 4.08. The molecule has 4 rings (SSSR count). The van der Waals surface area contributed by atoms with Crippen molar-refractivity contribution < 1.29 is 4.42 Å². The van der Waals surface area contributed by atoms with Crippen molar-refractivity contribution in [3.05, 3.63) is 41.5 Å². The molecule has 0 bridgehead atoms. The topological polar surface area (TPSA) is 28.7 Å². The maximum absolute atomic E-state index is 5.59. The second kappa shape index (κ2) is 4.48. The highest BCUT2D eigenvalue weighted by molar-refractivity contribution is 8.93. The Bertz CT molecular complexity index is 662. The molecule has 0 saturated heterocycles. The molecule has 0 unspecified atom stereocenters. The van der Waals surface area contributed by atoms with Gasteiger partial charge in [-0.05, 0) is 6.07 Å². The highest BCUT2D eigenvalue weighted by Crippen LogP contribution is 2.38. The lowest BCUT2D eigenvalue weighted by atomic mass is 10.1. The van der Waals surface area contributed by atoms with E-state index in [0.29, 0.717) is 0 Å². The fraction of sp³-hybridized carbons (Fsp3) is 0.154. The molecule has 0 radical (unpaired) electrons. The fourth-order valence-electron chi connectivity index (χ4n) is 2.31. The lowest BCUT2D eigenvalue weighted by Gasteiger charge is -2.15. The molecule has 2 aliphatic heterocycles. The number of furan rings is 1. The summed E-state index contributed by atoms with van der Waals surface area (Å²) in [5.41, 5.74) is 3.33.